The van der Waals surface area contributed by atoms with Crippen LogP contribution in [0.4, 0.5) is 5.69 Å². The third-order valence-corrected chi connectivity index (χ3v) is 3.04. The smallest absolute Gasteiger partial charge is 0.183 e. The largest absolute Gasteiger partial charge is 0.282 e. The average Bonchev–Trinajstić information content (AvgIpc) is 2.85. The number of thioether (sulfide) groups is 1. The summed E-state index contributed by atoms with van der Waals surface area (Å²) >= 11 is 1.39. The summed E-state index contributed by atoms with van der Waals surface area (Å²) in [5.41, 5.74) is 3.54. The summed E-state index contributed by atoms with van der Waals surface area (Å²) in [4.78, 5) is 4.44. The summed E-state index contributed by atoms with van der Waals surface area (Å²) < 4.78 is 0. The number of aryl methyl sites for hydroxylation is 1. The molecule has 0 unspecified atom stereocenters. The van der Waals surface area contributed by atoms with Crippen molar-refractivity contribution in [2.45, 2.75) is 6.92 Å². The summed E-state index contributed by atoms with van der Waals surface area (Å²) in [6, 6.07) is 9.67. The molecular formula is C13H13N5S. The zero-order chi connectivity index (χ0) is 13.7. The number of aromatic nitrogens is 2. The molecule has 0 saturated carbocycles. The maximum absolute atomic E-state index is 8.66. The molecule has 0 spiro atoms. The highest BCUT2D eigenvalue weighted by molar-refractivity contribution is 8.13. The van der Waals surface area contributed by atoms with Gasteiger partial charge in [-0.1, -0.05) is 30.0 Å². The van der Waals surface area contributed by atoms with Gasteiger partial charge in [-0.2, -0.15) is 10.4 Å². The van der Waals surface area contributed by atoms with Crippen LogP contribution in [0.3, 0.4) is 0 Å². The van der Waals surface area contributed by atoms with Crippen LogP contribution in [-0.2, 0) is 0 Å². The molecule has 2 aromatic rings. The number of para-hydroxylation sites is 1. The lowest BCUT2D eigenvalue weighted by Gasteiger charge is -2.04. The van der Waals surface area contributed by atoms with Crippen LogP contribution in [0.25, 0.3) is 11.3 Å². The number of rotatable bonds is 2. The lowest BCUT2D eigenvalue weighted by molar-refractivity contribution is 1.05. The van der Waals surface area contributed by atoms with Crippen molar-refractivity contribution in [2.24, 2.45) is 4.99 Å². The van der Waals surface area contributed by atoms with E-state index in [0.717, 1.165) is 22.6 Å². The molecule has 0 aliphatic heterocycles. The Morgan fingerprint density at radius 2 is 2.26 bits per heavy atom. The highest BCUT2D eigenvalue weighted by Gasteiger charge is 2.07. The summed E-state index contributed by atoms with van der Waals surface area (Å²) in [6.07, 6.45) is 3.74. The molecule has 96 valence electrons. The molecule has 6 heteroatoms. The Bertz CT molecular complexity index is 638. The molecule has 0 amide bonds. The number of nitriles is 1. The monoisotopic (exact) mass is 271 g/mol. The van der Waals surface area contributed by atoms with E-state index < -0.39 is 0 Å². The fraction of sp³-hybridized carbons (Fsp3) is 0.154. The first kappa shape index (κ1) is 13.2. The van der Waals surface area contributed by atoms with Gasteiger partial charge in [0.2, 0.25) is 0 Å². The van der Waals surface area contributed by atoms with E-state index in [1.54, 1.807) is 0 Å². The molecule has 0 fully saturated rings. The van der Waals surface area contributed by atoms with Crippen molar-refractivity contribution in [3.63, 3.8) is 0 Å². The van der Waals surface area contributed by atoms with E-state index in [1.165, 1.54) is 11.8 Å². The van der Waals surface area contributed by atoms with Crippen molar-refractivity contribution < 1.29 is 0 Å². The van der Waals surface area contributed by atoms with E-state index in [-0.39, 0.29) is 0 Å². The van der Waals surface area contributed by atoms with E-state index in [9.17, 15) is 0 Å². The summed E-state index contributed by atoms with van der Waals surface area (Å²) in [6.45, 7) is 1.95. The van der Waals surface area contributed by atoms with Gasteiger partial charge in [0.05, 0.1) is 11.4 Å². The SMILES string of the molecule is CSC(=Nc1ccccc1-c1cc(C)[nH]n1)NC#N. The first-order valence-corrected chi connectivity index (χ1v) is 6.86. The molecule has 5 nitrogen and oxygen atoms in total. The second-order valence-corrected chi connectivity index (χ2v) is 4.61. The van der Waals surface area contributed by atoms with Crippen LogP contribution in [0.1, 0.15) is 5.69 Å². The van der Waals surface area contributed by atoms with Gasteiger partial charge in [0.25, 0.3) is 0 Å². The quantitative estimate of drug-likeness (QED) is 0.381. The number of aliphatic imine (C=N–C) groups is 1. The third kappa shape index (κ3) is 3.14. The Balaban J connectivity index is 2.45. The van der Waals surface area contributed by atoms with E-state index in [0.29, 0.717) is 5.17 Å². The number of H-pyrrole nitrogens is 1. The number of hydrogen-bond acceptors (Lipinski definition) is 4. The Labute approximate surface area is 115 Å². The minimum Gasteiger partial charge on any atom is -0.282 e. The van der Waals surface area contributed by atoms with Gasteiger partial charge in [-0.15, -0.1) is 0 Å². The Morgan fingerprint density at radius 1 is 1.47 bits per heavy atom. The number of amidine groups is 1. The normalized spacial score (nSPS) is 11.1. The van der Waals surface area contributed by atoms with Gasteiger partial charge in [0, 0.05) is 11.3 Å². The molecule has 0 radical (unpaired) electrons. The minimum atomic E-state index is 0.558. The van der Waals surface area contributed by atoms with Gasteiger partial charge >= 0.3 is 0 Å². The van der Waals surface area contributed by atoms with Crippen molar-refractivity contribution in [3.8, 4) is 17.5 Å². The van der Waals surface area contributed by atoms with Gasteiger partial charge in [-0.3, -0.25) is 10.4 Å². The highest BCUT2D eigenvalue weighted by Crippen LogP contribution is 2.29. The number of aromatic amines is 1. The number of nitrogens with one attached hydrogen (secondary N) is 2. The molecule has 1 heterocycles. The summed E-state index contributed by atoms with van der Waals surface area (Å²) in [7, 11) is 0. The van der Waals surface area contributed by atoms with Crippen LogP contribution in [0.5, 0.6) is 0 Å². The lowest BCUT2D eigenvalue weighted by Crippen LogP contribution is -2.12. The molecule has 2 N–H and O–H groups in total. The van der Waals surface area contributed by atoms with Crippen LogP contribution >= 0.6 is 11.8 Å². The van der Waals surface area contributed by atoms with Gasteiger partial charge in [-0.05, 0) is 25.3 Å². The average molecular weight is 271 g/mol. The van der Waals surface area contributed by atoms with Gasteiger partial charge < -0.3 is 0 Å². The maximum Gasteiger partial charge on any atom is 0.183 e. The van der Waals surface area contributed by atoms with Crippen molar-refractivity contribution in [1.82, 2.24) is 15.5 Å². The lowest BCUT2D eigenvalue weighted by atomic mass is 10.1. The van der Waals surface area contributed by atoms with E-state index in [2.05, 4.69) is 20.5 Å². The van der Waals surface area contributed by atoms with Crippen LogP contribution in [0.2, 0.25) is 0 Å². The van der Waals surface area contributed by atoms with Gasteiger partial charge in [0.15, 0.2) is 11.4 Å². The van der Waals surface area contributed by atoms with Gasteiger partial charge in [-0.25, -0.2) is 4.99 Å². The standard InChI is InChI=1S/C13H13N5S/c1-9-7-12(18-17-9)10-5-3-4-6-11(10)16-13(19-2)15-8-14/h3-7H,1-2H3,(H,15,16)(H,17,18). The molecule has 0 saturated heterocycles. The summed E-state index contributed by atoms with van der Waals surface area (Å²) in [5, 5.41) is 18.9. The van der Waals surface area contributed by atoms with Crippen LogP contribution in [0.15, 0.2) is 35.3 Å². The number of benzene rings is 1. The highest BCUT2D eigenvalue weighted by atomic mass is 32.2. The van der Waals surface area contributed by atoms with Crippen LogP contribution in [-0.4, -0.2) is 21.6 Å². The van der Waals surface area contributed by atoms with Gasteiger partial charge in [0.1, 0.15) is 0 Å². The molecule has 0 aliphatic carbocycles. The van der Waals surface area contributed by atoms with Crippen molar-refractivity contribution >= 4 is 22.6 Å². The predicted molar refractivity (Wildman–Crippen MR) is 78.1 cm³/mol. The van der Waals surface area contributed by atoms with E-state index in [4.69, 9.17) is 5.26 Å². The van der Waals surface area contributed by atoms with E-state index in [1.807, 2.05) is 49.7 Å². The Hall–Kier alpha value is -2.26. The maximum atomic E-state index is 8.66. The molecule has 1 aromatic carbocycles. The second-order valence-electron chi connectivity index (χ2n) is 3.81. The third-order valence-electron chi connectivity index (χ3n) is 2.46. The zero-order valence-electron chi connectivity index (χ0n) is 10.6. The van der Waals surface area contributed by atoms with Crippen molar-refractivity contribution in [3.05, 3.63) is 36.0 Å². The molecule has 19 heavy (non-hydrogen) atoms. The molecule has 1 aromatic heterocycles. The Morgan fingerprint density at radius 3 is 2.89 bits per heavy atom. The number of hydrogen-bond donors (Lipinski definition) is 2. The molecule has 0 aliphatic rings. The van der Waals surface area contributed by atoms with Crippen molar-refractivity contribution in [1.29, 1.82) is 5.26 Å². The molecule has 2 rings (SSSR count). The topological polar surface area (TPSA) is 76.9 Å². The first-order chi connectivity index (χ1) is 9.24. The fourth-order valence-electron chi connectivity index (χ4n) is 1.63. The van der Waals surface area contributed by atoms with E-state index >= 15 is 0 Å². The predicted octanol–water partition coefficient (Wildman–Crippen LogP) is 2.81. The van der Waals surface area contributed by atoms with Crippen LogP contribution < -0.4 is 5.32 Å². The molecule has 0 atom stereocenters. The fourth-order valence-corrected chi connectivity index (χ4v) is 1.96. The first-order valence-electron chi connectivity index (χ1n) is 5.64. The number of nitrogens with zero attached hydrogens (tertiary/aromatic N) is 3. The second kappa shape index (κ2) is 6.07. The minimum absolute atomic E-state index is 0.558. The summed E-state index contributed by atoms with van der Waals surface area (Å²) in [5.74, 6) is 0. The Kier molecular flexibility index (Phi) is 4.21. The molecule has 0 bridgehead atoms. The van der Waals surface area contributed by atoms with Crippen molar-refractivity contribution in [2.75, 3.05) is 6.26 Å². The molecular weight excluding hydrogens is 258 g/mol. The van der Waals surface area contributed by atoms with Crippen LogP contribution in [0, 0.1) is 18.4 Å². The zero-order valence-corrected chi connectivity index (χ0v) is 11.5.